The van der Waals surface area contributed by atoms with Gasteiger partial charge in [0.15, 0.2) is 0 Å². The van der Waals surface area contributed by atoms with Crippen LogP contribution in [-0.4, -0.2) is 33.1 Å². The van der Waals surface area contributed by atoms with Crippen LogP contribution in [0.2, 0.25) is 0 Å². The van der Waals surface area contributed by atoms with Gasteiger partial charge in [-0.1, -0.05) is 146 Å². The van der Waals surface area contributed by atoms with E-state index in [0.717, 1.165) is 21.5 Å². The zero-order valence-corrected chi connectivity index (χ0v) is 23.8. The number of carbonyl (C=O) groups is 2. The Balaban J connectivity index is 1.85. The Morgan fingerprint density at radius 3 is 1.70 bits per heavy atom. The molecule has 1 fully saturated rings. The SMILES string of the molecule is C=CC(=S)CC1CC(=O)N1C(C(=O)OCc1ccccc1)=P(c1ccccc1)(c1ccccc1)c1ccccc1. The molecule has 1 heterocycles. The molecule has 1 aliphatic heterocycles. The van der Waals surface area contributed by atoms with Gasteiger partial charge in [0.1, 0.15) is 12.0 Å². The Morgan fingerprint density at radius 1 is 0.825 bits per heavy atom. The summed E-state index contributed by atoms with van der Waals surface area (Å²) >= 11 is 5.49. The molecule has 0 aliphatic carbocycles. The van der Waals surface area contributed by atoms with E-state index >= 15 is 0 Å². The highest BCUT2D eigenvalue weighted by Crippen LogP contribution is 2.49. The van der Waals surface area contributed by atoms with E-state index in [2.05, 4.69) is 6.58 Å². The lowest BCUT2D eigenvalue weighted by molar-refractivity contribution is -0.144. The molecule has 1 aliphatic rings. The second-order valence-corrected chi connectivity index (χ2v) is 13.4. The maximum absolute atomic E-state index is 14.5. The molecule has 1 unspecified atom stereocenters. The van der Waals surface area contributed by atoms with Crippen molar-refractivity contribution in [2.24, 2.45) is 0 Å². The Bertz CT molecular complexity index is 1470. The lowest BCUT2D eigenvalue weighted by Gasteiger charge is -2.45. The first-order chi connectivity index (χ1) is 19.6. The summed E-state index contributed by atoms with van der Waals surface area (Å²) in [7, 11) is 0. The maximum Gasteiger partial charge on any atom is 0.356 e. The molecule has 1 saturated heterocycles. The molecule has 0 N–H and O–H groups in total. The standard InChI is InChI=1S/C34H30NO3PS/c1-2-31(40)23-27-24-32(36)35(27)33(34(37)38-25-26-15-7-3-8-16-26)39(28-17-9-4-10-18-28,29-19-11-5-12-20-29)30-21-13-6-14-22-30/h2-22,27H,1,23-25H2. The Kier molecular flexibility index (Phi) is 8.54. The molecule has 4 aromatic rings. The topological polar surface area (TPSA) is 46.6 Å². The number of thiocarbonyl (C=S) groups is 1. The highest BCUT2D eigenvalue weighted by atomic mass is 32.1. The fourth-order valence-corrected chi connectivity index (χ4v) is 9.82. The second-order valence-electron chi connectivity index (χ2n) is 9.56. The fraction of sp³-hybridized carbons (Fsp3) is 0.118. The fourth-order valence-electron chi connectivity index (χ4n) is 5.21. The van der Waals surface area contributed by atoms with Gasteiger partial charge < -0.3 is 9.64 Å². The number of benzene rings is 4. The number of likely N-dealkylation sites (tertiary alicyclic amines) is 1. The largest absolute Gasteiger partial charge is 0.456 e. The van der Waals surface area contributed by atoms with Crippen molar-refractivity contribution >= 4 is 57.2 Å². The quantitative estimate of drug-likeness (QED) is 0.0853. The van der Waals surface area contributed by atoms with Crippen LogP contribution in [0.3, 0.4) is 0 Å². The van der Waals surface area contributed by atoms with Crippen LogP contribution in [0.5, 0.6) is 0 Å². The number of β-lactam (4-membered cyclic amide) rings is 1. The number of allylic oxidation sites excluding steroid dienone is 1. The molecule has 0 bridgehead atoms. The van der Waals surface area contributed by atoms with Crippen molar-refractivity contribution in [2.75, 3.05) is 0 Å². The van der Waals surface area contributed by atoms with Gasteiger partial charge in [-0.2, -0.15) is 0 Å². The Labute approximate surface area is 240 Å². The third kappa shape index (κ3) is 5.36. The molecule has 200 valence electrons. The van der Waals surface area contributed by atoms with Gasteiger partial charge in [-0.3, -0.25) is 4.79 Å². The average Bonchev–Trinajstić information content (AvgIpc) is 3.01. The van der Waals surface area contributed by atoms with E-state index in [1.165, 1.54) is 0 Å². The van der Waals surface area contributed by atoms with Gasteiger partial charge in [0.25, 0.3) is 0 Å². The zero-order chi connectivity index (χ0) is 28.0. The summed E-state index contributed by atoms with van der Waals surface area (Å²) in [5.74, 6) is -0.619. The molecule has 4 nitrogen and oxygen atoms in total. The van der Waals surface area contributed by atoms with Crippen LogP contribution in [-0.2, 0) is 20.9 Å². The highest BCUT2D eigenvalue weighted by molar-refractivity contribution is 7.96. The van der Waals surface area contributed by atoms with Gasteiger partial charge in [-0.25, -0.2) is 4.79 Å². The van der Waals surface area contributed by atoms with Gasteiger partial charge in [-0.15, -0.1) is 0 Å². The molecule has 4 aromatic carbocycles. The van der Waals surface area contributed by atoms with Crippen LogP contribution in [0.1, 0.15) is 18.4 Å². The molecule has 6 heteroatoms. The van der Waals surface area contributed by atoms with E-state index in [1.54, 1.807) is 11.0 Å². The van der Waals surface area contributed by atoms with Gasteiger partial charge >= 0.3 is 5.97 Å². The number of hydrogen-bond acceptors (Lipinski definition) is 4. The Hall–Kier alpha value is -4.05. The van der Waals surface area contributed by atoms with Gasteiger partial charge in [0.2, 0.25) is 5.91 Å². The van der Waals surface area contributed by atoms with Gasteiger partial charge in [-0.05, 0) is 21.5 Å². The lowest BCUT2D eigenvalue weighted by atomic mass is 9.97. The average molecular weight is 564 g/mol. The molecule has 40 heavy (non-hydrogen) atoms. The van der Waals surface area contributed by atoms with E-state index in [9.17, 15) is 9.59 Å². The van der Waals surface area contributed by atoms with E-state index in [-0.39, 0.29) is 18.6 Å². The van der Waals surface area contributed by atoms with Crippen LogP contribution in [0.4, 0.5) is 0 Å². The van der Waals surface area contributed by atoms with E-state index < -0.39 is 12.9 Å². The van der Waals surface area contributed by atoms with Gasteiger partial charge in [0, 0.05) is 24.6 Å². The minimum atomic E-state index is -2.91. The molecule has 5 rings (SSSR count). The predicted molar refractivity (Wildman–Crippen MR) is 169 cm³/mol. The first-order valence-electron chi connectivity index (χ1n) is 13.2. The van der Waals surface area contributed by atoms with Crippen LogP contribution < -0.4 is 15.9 Å². The van der Waals surface area contributed by atoms with Crippen molar-refractivity contribution in [1.82, 2.24) is 4.90 Å². The van der Waals surface area contributed by atoms with Crippen LogP contribution in [0, 0.1) is 0 Å². The first kappa shape index (κ1) is 27.5. The summed E-state index contributed by atoms with van der Waals surface area (Å²) in [6.07, 6.45) is 2.40. The smallest absolute Gasteiger partial charge is 0.356 e. The van der Waals surface area contributed by atoms with Crippen molar-refractivity contribution in [3.63, 3.8) is 0 Å². The van der Waals surface area contributed by atoms with Crippen LogP contribution in [0.25, 0.3) is 0 Å². The van der Waals surface area contributed by atoms with E-state index in [0.29, 0.717) is 23.1 Å². The summed E-state index contributed by atoms with van der Waals surface area (Å²) in [5.41, 5.74) is 1.25. The summed E-state index contributed by atoms with van der Waals surface area (Å²) in [4.78, 5) is 30.3. The zero-order valence-electron chi connectivity index (χ0n) is 22.1. The molecule has 1 amide bonds. The Morgan fingerprint density at radius 2 is 1.27 bits per heavy atom. The van der Waals surface area contributed by atoms with Crippen LogP contribution >= 0.6 is 19.1 Å². The normalized spacial score (nSPS) is 14.7. The summed E-state index contributed by atoms with van der Waals surface area (Å²) in [6, 6.07) is 39.4. The lowest BCUT2D eigenvalue weighted by Crippen LogP contribution is -2.60. The molecular weight excluding hydrogens is 533 g/mol. The number of ether oxygens (including phenoxy) is 1. The number of hydrogen-bond donors (Lipinski definition) is 0. The predicted octanol–water partition coefficient (Wildman–Crippen LogP) is 5.40. The van der Waals surface area contributed by atoms with Crippen molar-refractivity contribution < 1.29 is 14.3 Å². The van der Waals surface area contributed by atoms with Crippen molar-refractivity contribution in [2.45, 2.75) is 25.5 Å². The van der Waals surface area contributed by atoms with Crippen molar-refractivity contribution in [1.29, 1.82) is 0 Å². The first-order valence-corrected chi connectivity index (χ1v) is 15.4. The number of amides is 1. The van der Waals surface area contributed by atoms with E-state index in [4.69, 9.17) is 17.0 Å². The third-order valence-electron chi connectivity index (χ3n) is 7.08. The molecule has 0 radical (unpaired) electrons. The minimum Gasteiger partial charge on any atom is -0.456 e. The van der Waals surface area contributed by atoms with Gasteiger partial charge in [0.05, 0.1) is 6.04 Å². The summed E-state index contributed by atoms with van der Waals surface area (Å²) < 4.78 is 6.05. The number of carbonyl (C=O) groups excluding carboxylic acids is 2. The molecule has 0 spiro atoms. The molecule has 1 atom stereocenters. The number of nitrogens with zero attached hydrogens (tertiary/aromatic N) is 1. The van der Waals surface area contributed by atoms with Crippen LogP contribution in [0.15, 0.2) is 134 Å². The highest BCUT2D eigenvalue weighted by Gasteiger charge is 2.47. The maximum atomic E-state index is 14.5. The monoisotopic (exact) mass is 563 g/mol. The molecule has 0 aromatic heterocycles. The van der Waals surface area contributed by atoms with Crippen molar-refractivity contribution in [3.8, 4) is 0 Å². The van der Waals surface area contributed by atoms with E-state index in [1.807, 2.05) is 121 Å². The second kappa shape index (κ2) is 12.4. The summed E-state index contributed by atoms with van der Waals surface area (Å²) in [6.45, 7) is 1.00. The number of rotatable bonds is 10. The summed E-state index contributed by atoms with van der Waals surface area (Å²) in [5, 5.41) is 2.89. The third-order valence-corrected chi connectivity index (χ3v) is 11.7. The number of esters is 1. The molecular formula is C34H30NO3PS. The van der Waals surface area contributed by atoms with Crippen molar-refractivity contribution in [3.05, 3.63) is 140 Å². The molecule has 0 saturated carbocycles. The minimum absolute atomic E-state index is 0.0965.